The Balaban J connectivity index is 1.66. The van der Waals surface area contributed by atoms with Gasteiger partial charge in [-0.15, -0.1) is 11.3 Å². The number of hydrogen-bond acceptors (Lipinski definition) is 8. The second kappa shape index (κ2) is 7.07. The van der Waals surface area contributed by atoms with Gasteiger partial charge in [0.2, 0.25) is 0 Å². The summed E-state index contributed by atoms with van der Waals surface area (Å²) in [5.74, 6) is -1.33. The number of ketones is 1. The highest BCUT2D eigenvalue weighted by Gasteiger charge is 2.76. The Labute approximate surface area is 197 Å². The normalized spacial score (nSPS) is 43.0. The van der Waals surface area contributed by atoms with E-state index in [0.717, 1.165) is 0 Å². The van der Waals surface area contributed by atoms with E-state index >= 15 is 0 Å². The molecular weight excluding hydrogens is 442 g/mol. The summed E-state index contributed by atoms with van der Waals surface area (Å²) in [5, 5.41) is 34.0. The topological polar surface area (TPSA) is 117 Å². The Morgan fingerprint density at radius 3 is 2.64 bits per heavy atom. The van der Waals surface area contributed by atoms with E-state index in [0.29, 0.717) is 22.8 Å². The Bertz CT molecular complexity index is 1100. The number of aromatic nitrogens is 1. The summed E-state index contributed by atoms with van der Waals surface area (Å²) >= 11 is 1.31. The summed E-state index contributed by atoms with van der Waals surface area (Å²) in [6.07, 6.45) is 1.30. The van der Waals surface area contributed by atoms with E-state index in [1.807, 2.05) is 6.92 Å². The second-order valence-corrected chi connectivity index (χ2v) is 12.0. The lowest BCUT2D eigenvalue weighted by atomic mass is 9.59. The van der Waals surface area contributed by atoms with Crippen molar-refractivity contribution in [1.29, 1.82) is 0 Å². The minimum absolute atomic E-state index is 0.0357. The van der Waals surface area contributed by atoms with Gasteiger partial charge in [-0.05, 0) is 54.6 Å². The molecule has 4 aliphatic rings. The summed E-state index contributed by atoms with van der Waals surface area (Å²) < 4.78 is 5.81. The zero-order valence-electron chi connectivity index (χ0n) is 19.5. The van der Waals surface area contributed by atoms with Crippen LogP contribution in [0.3, 0.4) is 0 Å². The number of fused-ring (bicyclic) bond motifs is 3. The van der Waals surface area contributed by atoms with Gasteiger partial charge in [-0.1, -0.05) is 32.9 Å². The SMILES string of the molecule is CC1=C[C@]23C(=O)[C@@H](C=C(CO)[C@@H](O)[C@]2(O)[C@H]1OC(=O)c1ncsc1C)[C@H]1[C@@H](C[C@H]3C)C1(C)C. The van der Waals surface area contributed by atoms with Crippen LogP contribution in [-0.2, 0) is 9.53 Å². The Morgan fingerprint density at radius 2 is 2.03 bits per heavy atom. The van der Waals surface area contributed by atoms with Crippen molar-refractivity contribution in [2.75, 3.05) is 6.61 Å². The van der Waals surface area contributed by atoms with Gasteiger partial charge in [-0.2, -0.15) is 0 Å². The molecule has 2 bridgehead atoms. The number of aliphatic hydroxyl groups excluding tert-OH is 2. The Kier molecular flexibility index (Phi) is 4.91. The van der Waals surface area contributed by atoms with Crippen LogP contribution < -0.4 is 0 Å². The van der Waals surface area contributed by atoms with Crippen LogP contribution in [0.5, 0.6) is 0 Å². The van der Waals surface area contributed by atoms with Crippen molar-refractivity contribution in [2.24, 2.45) is 34.5 Å². The van der Waals surface area contributed by atoms with Crippen molar-refractivity contribution in [2.45, 2.75) is 58.8 Å². The van der Waals surface area contributed by atoms with E-state index in [2.05, 4.69) is 18.8 Å². The van der Waals surface area contributed by atoms with Crippen LogP contribution in [0.1, 0.15) is 49.5 Å². The van der Waals surface area contributed by atoms with Crippen molar-refractivity contribution in [3.8, 4) is 0 Å². The summed E-state index contributed by atoms with van der Waals surface area (Å²) in [4.78, 5) is 32.0. The molecule has 0 unspecified atom stereocenters. The lowest BCUT2D eigenvalue weighted by molar-refractivity contribution is -0.190. The zero-order valence-corrected chi connectivity index (χ0v) is 20.3. The number of ether oxygens (including phenoxy) is 1. The fraction of sp³-hybridized carbons (Fsp3) is 0.640. The smallest absolute Gasteiger partial charge is 0.358 e. The van der Waals surface area contributed by atoms with E-state index in [4.69, 9.17) is 4.74 Å². The molecule has 0 aromatic carbocycles. The Morgan fingerprint density at radius 1 is 1.33 bits per heavy atom. The lowest BCUT2D eigenvalue weighted by Crippen LogP contribution is -2.65. The Hall–Kier alpha value is -1.87. The van der Waals surface area contributed by atoms with Crippen molar-refractivity contribution < 1.29 is 29.6 Å². The monoisotopic (exact) mass is 473 g/mol. The number of Topliss-reactive ketones (excluding diaryl/α,β-unsaturated/α-hetero) is 1. The van der Waals surface area contributed by atoms with Gasteiger partial charge in [0.15, 0.2) is 23.2 Å². The molecule has 1 heterocycles. The molecule has 8 atom stereocenters. The van der Waals surface area contributed by atoms with Gasteiger partial charge in [0.05, 0.1) is 17.5 Å². The fourth-order valence-corrected chi connectivity index (χ4v) is 7.82. The summed E-state index contributed by atoms with van der Waals surface area (Å²) in [6, 6.07) is 0. The van der Waals surface area contributed by atoms with Gasteiger partial charge >= 0.3 is 5.97 Å². The quantitative estimate of drug-likeness (QED) is 0.456. The number of aliphatic hydroxyl groups is 3. The number of rotatable bonds is 3. The number of allylic oxidation sites excluding steroid dienone is 1. The van der Waals surface area contributed by atoms with Gasteiger partial charge < -0.3 is 20.1 Å². The predicted molar refractivity (Wildman–Crippen MR) is 121 cm³/mol. The van der Waals surface area contributed by atoms with Crippen molar-refractivity contribution in [3.05, 3.63) is 39.4 Å². The molecule has 7 nitrogen and oxygen atoms in total. The van der Waals surface area contributed by atoms with Gasteiger partial charge in [-0.25, -0.2) is 9.78 Å². The molecular formula is C25H31NO6S. The molecule has 1 aromatic rings. The van der Waals surface area contributed by atoms with E-state index in [1.165, 1.54) is 11.3 Å². The maximum absolute atomic E-state index is 14.3. The first kappa shape index (κ1) is 22.9. The first-order valence-corrected chi connectivity index (χ1v) is 12.4. The molecule has 178 valence electrons. The molecule has 5 rings (SSSR count). The lowest BCUT2D eigenvalue weighted by Gasteiger charge is -2.48. The third-order valence-corrected chi connectivity index (χ3v) is 9.82. The molecule has 1 spiro atoms. The molecule has 3 N–H and O–H groups in total. The van der Waals surface area contributed by atoms with Crippen molar-refractivity contribution >= 4 is 23.1 Å². The molecule has 2 saturated carbocycles. The molecule has 0 aliphatic heterocycles. The summed E-state index contributed by atoms with van der Waals surface area (Å²) in [7, 11) is 0. The summed E-state index contributed by atoms with van der Waals surface area (Å²) in [5.41, 5.74) is -1.18. The van der Waals surface area contributed by atoms with Crippen molar-refractivity contribution in [1.82, 2.24) is 4.98 Å². The van der Waals surface area contributed by atoms with E-state index in [1.54, 1.807) is 31.5 Å². The third kappa shape index (κ3) is 2.69. The first-order valence-electron chi connectivity index (χ1n) is 11.5. The van der Waals surface area contributed by atoms with Crippen LogP contribution in [-0.4, -0.2) is 56.5 Å². The maximum atomic E-state index is 14.3. The van der Waals surface area contributed by atoms with E-state index in [-0.39, 0.29) is 34.3 Å². The zero-order chi connectivity index (χ0) is 24.1. The molecule has 0 radical (unpaired) electrons. The van der Waals surface area contributed by atoms with Crippen LogP contribution in [0.15, 0.2) is 28.8 Å². The van der Waals surface area contributed by atoms with Crippen LogP contribution in [0.25, 0.3) is 0 Å². The van der Waals surface area contributed by atoms with Gasteiger partial charge in [0.25, 0.3) is 0 Å². The molecule has 0 amide bonds. The number of carbonyl (C=O) groups excluding carboxylic acids is 2. The molecule has 8 heteroatoms. The number of thiazole rings is 1. The maximum Gasteiger partial charge on any atom is 0.358 e. The molecule has 0 saturated heterocycles. The molecule has 4 aliphatic carbocycles. The van der Waals surface area contributed by atoms with Gasteiger partial charge in [0, 0.05) is 10.8 Å². The van der Waals surface area contributed by atoms with Crippen LogP contribution in [0, 0.1) is 41.4 Å². The van der Waals surface area contributed by atoms with Gasteiger partial charge in [-0.3, -0.25) is 4.79 Å². The van der Waals surface area contributed by atoms with Crippen molar-refractivity contribution in [3.63, 3.8) is 0 Å². The van der Waals surface area contributed by atoms with Crippen LogP contribution in [0.2, 0.25) is 0 Å². The number of esters is 1. The highest BCUT2D eigenvalue weighted by atomic mass is 32.1. The summed E-state index contributed by atoms with van der Waals surface area (Å²) in [6.45, 7) is 9.21. The number of carbonyl (C=O) groups is 2. The van der Waals surface area contributed by atoms with Crippen LogP contribution in [0.4, 0.5) is 0 Å². The van der Waals surface area contributed by atoms with E-state index < -0.39 is 41.7 Å². The predicted octanol–water partition coefficient (Wildman–Crippen LogP) is 2.44. The minimum Gasteiger partial charge on any atom is -0.450 e. The average Bonchev–Trinajstić information content (AvgIpc) is 3.02. The molecule has 33 heavy (non-hydrogen) atoms. The largest absolute Gasteiger partial charge is 0.450 e. The van der Waals surface area contributed by atoms with Crippen LogP contribution >= 0.6 is 11.3 Å². The first-order chi connectivity index (χ1) is 15.4. The number of nitrogens with zero attached hydrogens (tertiary/aromatic N) is 1. The number of hydrogen-bond donors (Lipinski definition) is 3. The average molecular weight is 474 g/mol. The molecule has 1 aromatic heterocycles. The minimum atomic E-state index is -2.13. The van der Waals surface area contributed by atoms with E-state index in [9.17, 15) is 24.9 Å². The fourth-order valence-electron chi connectivity index (χ4n) is 7.26. The second-order valence-electron chi connectivity index (χ2n) is 10.9. The highest BCUT2D eigenvalue weighted by molar-refractivity contribution is 7.09. The number of aryl methyl sites for hydroxylation is 1. The molecule has 2 fully saturated rings. The third-order valence-electron chi connectivity index (χ3n) is 9.06. The highest BCUT2D eigenvalue weighted by Crippen LogP contribution is 2.71. The standard InChI is InChI=1S/C25H31NO6S/c1-11-8-24-12(2)6-16-17(23(16,4)5)15(20(24)29)7-14(9-27)19(28)25(24,31)21(11)32-22(30)18-13(3)33-10-26-18/h7-8,10,12,15-17,19,21,27-28,31H,6,9H2,1-5H3/t12-,15+,16-,17+,19-,21+,24+,25+/m1/s1. The van der Waals surface area contributed by atoms with Gasteiger partial charge in [0.1, 0.15) is 6.10 Å².